The molecule has 0 radical (unpaired) electrons. The van der Waals surface area contributed by atoms with Crippen molar-refractivity contribution >= 4 is 35.0 Å². The average molecular weight is 441 g/mol. The summed E-state index contributed by atoms with van der Waals surface area (Å²) in [4.78, 5) is 56.0. The predicted octanol–water partition coefficient (Wildman–Crippen LogP) is 3.37. The zero-order chi connectivity index (χ0) is 23.5. The first-order chi connectivity index (χ1) is 15.9. The van der Waals surface area contributed by atoms with Crippen LogP contribution in [0.5, 0.6) is 0 Å². The topological polar surface area (TPSA) is 78.0 Å². The van der Waals surface area contributed by atoms with Crippen LogP contribution in [0.2, 0.25) is 0 Å². The lowest BCUT2D eigenvalue weighted by Gasteiger charge is -2.32. The van der Waals surface area contributed by atoms with E-state index in [1.54, 1.807) is 80.7 Å². The van der Waals surface area contributed by atoms with Gasteiger partial charge in [0.05, 0.1) is 11.1 Å². The molecule has 7 nitrogen and oxygen atoms in total. The van der Waals surface area contributed by atoms with Crippen molar-refractivity contribution in [1.29, 1.82) is 0 Å². The minimum Gasteiger partial charge on any atom is -0.314 e. The van der Waals surface area contributed by atoms with Crippen LogP contribution in [-0.4, -0.2) is 48.2 Å². The molecule has 166 valence electrons. The standard InChI is InChI=1S/C26H23N3O4/c1-18(24(31)27(2)19-11-5-3-6-12-19)29(20-13-7-4-8-14-20)23(30)17-28-25(32)21-15-9-10-16-22(21)26(28)33/h3-16,18H,17H2,1-2H3/t18-/m0/s1. The van der Waals surface area contributed by atoms with E-state index in [1.165, 1.54) is 9.80 Å². The van der Waals surface area contributed by atoms with Crippen molar-refractivity contribution in [2.45, 2.75) is 13.0 Å². The third kappa shape index (κ3) is 4.13. The number of likely N-dealkylation sites (N-methyl/N-ethyl adjacent to an activating group) is 1. The smallest absolute Gasteiger partial charge is 0.262 e. The maximum absolute atomic E-state index is 13.5. The summed E-state index contributed by atoms with van der Waals surface area (Å²) in [7, 11) is 1.64. The van der Waals surface area contributed by atoms with Crippen molar-refractivity contribution in [2.75, 3.05) is 23.4 Å². The summed E-state index contributed by atoms with van der Waals surface area (Å²) in [6.07, 6.45) is 0. The van der Waals surface area contributed by atoms with E-state index in [2.05, 4.69) is 0 Å². The SMILES string of the molecule is C[C@@H](C(=O)N(C)c1ccccc1)N(C(=O)CN1C(=O)c2ccccc2C1=O)c1ccccc1. The molecule has 0 unspecified atom stereocenters. The van der Waals surface area contributed by atoms with E-state index in [9.17, 15) is 19.2 Å². The molecule has 3 aromatic carbocycles. The van der Waals surface area contributed by atoms with Gasteiger partial charge >= 0.3 is 0 Å². The van der Waals surface area contributed by atoms with Crippen LogP contribution in [0.1, 0.15) is 27.6 Å². The van der Waals surface area contributed by atoms with Gasteiger partial charge in [-0.3, -0.25) is 29.0 Å². The molecule has 0 saturated heterocycles. The van der Waals surface area contributed by atoms with Crippen LogP contribution in [0.25, 0.3) is 0 Å². The first kappa shape index (κ1) is 22.0. The number of para-hydroxylation sites is 2. The van der Waals surface area contributed by atoms with E-state index in [0.717, 1.165) is 4.90 Å². The molecule has 1 aliphatic heterocycles. The highest BCUT2D eigenvalue weighted by Crippen LogP contribution is 2.25. The Labute approximate surface area is 191 Å². The number of imide groups is 1. The molecule has 0 aromatic heterocycles. The number of anilines is 2. The van der Waals surface area contributed by atoms with E-state index in [-0.39, 0.29) is 17.0 Å². The van der Waals surface area contributed by atoms with Gasteiger partial charge in [-0.2, -0.15) is 0 Å². The number of carbonyl (C=O) groups excluding carboxylic acids is 4. The fourth-order valence-corrected chi connectivity index (χ4v) is 3.94. The Morgan fingerprint density at radius 2 is 1.21 bits per heavy atom. The molecule has 1 atom stereocenters. The van der Waals surface area contributed by atoms with Crippen LogP contribution in [0.4, 0.5) is 11.4 Å². The molecule has 0 N–H and O–H groups in total. The Hall–Kier alpha value is -4.26. The second-order valence-electron chi connectivity index (χ2n) is 7.75. The van der Waals surface area contributed by atoms with Crippen LogP contribution in [0.3, 0.4) is 0 Å². The summed E-state index contributed by atoms with van der Waals surface area (Å²) < 4.78 is 0. The molecule has 3 aromatic rings. The molecule has 1 aliphatic rings. The van der Waals surface area contributed by atoms with E-state index in [4.69, 9.17) is 0 Å². The first-order valence-electron chi connectivity index (χ1n) is 10.5. The average Bonchev–Trinajstić information content (AvgIpc) is 3.09. The van der Waals surface area contributed by atoms with Gasteiger partial charge in [0.2, 0.25) is 11.8 Å². The summed E-state index contributed by atoms with van der Waals surface area (Å²) in [6, 6.07) is 23.5. The molecule has 33 heavy (non-hydrogen) atoms. The van der Waals surface area contributed by atoms with Gasteiger partial charge in [0.1, 0.15) is 12.6 Å². The van der Waals surface area contributed by atoms with Crippen LogP contribution in [0, 0.1) is 0 Å². The lowest BCUT2D eigenvalue weighted by molar-refractivity contribution is -0.124. The number of benzene rings is 3. The van der Waals surface area contributed by atoms with Gasteiger partial charge in [-0.05, 0) is 43.3 Å². The van der Waals surface area contributed by atoms with Crippen molar-refractivity contribution in [1.82, 2.24) is 4.90 Å². The largest absolute Gasteiger partial charge is 0.314 e. The summed E-state index contributed by atoms with van der Waals surface area (Å²) in [6.45, 7) is 1.17. The Kier molecular flexibility index (Phi) is 6.04. The molecule has 7 heteroatoms. The summed E-state index contributed by atoms with van der Waals surface area (Å²) in [5.41, 5.74) is 1.74. The lowest BCUT2D eigenvalue weighted by atomic mass is 10.1. The van der Waals surface area contributed by atoms with Gasteiger partial charge < -0.3 is 4.90 Å². The molecule has 0 saturated carbocycles. The van der Waals surface area contributed by atoms with Gasteiger partial charge in [-0.1, -0.05) is 48.5 Å². The lowest BCUT2D eigenvalue weighted by Crippen LogP contribution is -2.52. The molecular formula is C26H23N3O4. The minimum absolute atomic E-state index is 0.273. The fraction of sp³-hybridized carbons (Fsp3) is 0.154. The van der Waals surface area contributed by atoms with Gasteiger partial charge in [-0.15, -0.1) is 0 Å². The van der Waals surface area contributed by atoms with Crippen molar-refractivity contribution in [2.24, 2.45) is 0 Å². The van der Waals surface area contributed by atoms with Gasteiger partial charge in [0, 0.05) is 18.4 Å². The molecule has 4 rings (SSSR count). The Morgan fingerprint density at radius 1 is 0.758 bits per heavy atom. The normalized spacial score (nSPS) is 13.5. The minimum atomic E-state index is -0.875. The highest BCUT2D eigenvalue weighted by Gasteiger charge is 2.39. The number of hydrogen-bond donors (Lipinski definition) is 0. The number of hydrogen-bond acceptors (Lipinski definition) is 4. The summed E-state index contributed by atoms with van der Waals surface area (Å²) in [5, 5.41) is 0. The quantitative estimate of drug-likeness (QED) is 0.550. The molecule has 0 spiro atoms. The van der Waals surface area contributed by atoms with E-state index in [1.807, 2.05) is 18.2 Å². The Bertz CT molecular complexity index is 1180. The fourth-order valence-electron chi connectivity index (χ4n) is 3.94. The predicted molar refractivity (Wildman–Crippen MR) is 125 cm³/mol. The molecule has 0 fully saturated rings. The van der Waals surface area contributed by atoms with Gasteiger partial charge in [0.15, 0.2) is 0 Å². The monoisotopic (exact) mass is 441 g/mol. The van der Waals surface area contributed by atoms with E-state index < -0.39 is 30.3 Å². The molecule has 1 heterocycles. The van der Waals surface area contributed by atoms with E-state index in [0.29, 0.717) is 11.4 Å². The molecule has 0 bridgehead atoms. The van der Waals surface area contributed by atoms with Gasteiger partial charge in [-0.25, -0.2) is 0 Å². The third-order valence-electron chi connectivity index (χ3n) is 5.69. The molecular weight excluding hydrogens is 418 g/mol. The number of fused-ring (bicyclic) bond motifs is 1. The third-order valence-corrected chi connectivity index (χ3v) is 5.69. The number of nitrogens with zero attached hydrogens (tertiary/aromatic N) is 3. The highest BCUT2D eigenvalue weighted by atomic mass is 16.2. The second-order valence-corrected chi connectivity index (χ2v) is 7.75. The molecule has 0 aliphatic carbocycles. The van der Waals surface area contributed by atoms with E-state index >= 15 is 0 Å². The van der Waals surface area contributed by atoms with Crippen LogP contribution in [0.15, 0.2) is 84.9 Å². The second kappa shape index (κ2) is 9.08. The zero-order valence-corrected chi connectivity index (χ0v) is 18.3. The number of rotatable bonds is 6. The Morgan fingerprint density at radius 3 is 1.73 bits per heavy atom. The number of amides is 4. The van der Waals surface area contributed by atoms with Crippen molar-refractivity contribution in [3.8, 4) is 0 Å². The zero-order valence-electron chi connectivity index (χ0n) is 18.3. The Balaban J connectivity index is 1.61. The van der Waals surface area contributed by atoms with Gasteiger partial charge in [0.25, 0.3) is 11.8 Å². The van der Waals surface area contributed by atoms with Crippen molar-refractivity contribution in [3.05, 3.63) is 96.1 Å². The maximum atomic E-state index is 13.5. The summed E-state index contributed by atoms with van der Waals surface area (Å²) >= 11 is 0. The summed E-state index contributed by atoms with van der Waals surface area (Å²) in [5.74, 6) is -1.87. The van der Waals surface area contributed by atoms with Crippen LogP contribution >= 0.6 is 0 Å². The number of carbonyl (C=O) groups is 4. The maximum Gasteiger partial charge on any atom is 0.262 e. The highest BCUT2D eigenvalue weighted by molar-refractivity contribution is 6.23. The van der Waals surface area contributed by atoms with Crippen LogP contribution in [-0.2, 0) is 9.59 Å². The molecule has 4 amide bonds. The van der Waals surface area contributed by atoms with Crippen molar-refractivity contribution in [3.63, 3.8) is 0 Å². The first-order valence-corrected chi connectivity index (χ1v) is 10.5. The van der Waals surface area contributed by atoms with Crippen LogP contribution < -0.4 is 9.80 Å². The van der Waals surface area contributed by atoms with Crippen molar-refractivity contribution < 1.29 is 19.2 Å².